The summed E-state index contributed by atoms with van der Waals surface area (Å²) in [5, 5.41) is 0. The highest BCUT2D eigenvalue weighted by Gasteiger charge is 2.63. The Labute approximate surface area is 138 Å². The molecule has 0 radical (unpaired) electrons. The summed E-state index contributed by atoms with van der Waals surface area (Å²) in [7, 11) is 0. The zero-order valence-corrected chi connectivity index (χ0v) is 14.3. The van der Waals surface area contributed by atoms with Gasteiger partial charge in [0.25, 0.3) is 0 Å². The fraction of sp³-hybridized carbons (Fsp3) is 0.850. The Kier molecular flexibility index (Phi) is 3.38. The van der Waals surface area contributed by atoms with E-state index in [1.54, 1.807) is 0 Å². The average Bonchev–Trinajstić information content (AvgIpc) is 2.83. The Balaban J connectivity index is 1.74. The number of hydrogen-bond donors (Lipinski definition) is 0. The van der Waals surface area contributed by atoms with Crippen LogP contribution >= 0.6 is 0 Å². The van der Waals surface area contributed by atoms with Gasteiger partial charge in [0.2, 0.25) is 0 Å². The largest absolute Gasteiger partial charge is 0.303 e. The van der Waals surface area contributed by atoms with Crippen LogP contribution in [-0.4, -0.2) is 17.9 Å². The zero-order valence-electron chi connectivity index (χ0n) is 14.3. The van der Waals surface area contributed by atoms with Crippen LogP contribution in [0.5, 0.6) is 0 Å². The van der Waals surface area contributed by atoms with Gasteiger partial charge in [0.1, 0.15) is 17.9 Å². The van der Waals surface area contributed by atoms with Crippen molar-refractivity contribution in [2.45, 2.75) is 65.2 Å². The molecule has 4 saturated carbocycles. The molecule has 4 fully saturated rings. The lowest BCUT2D eigenvalue weighted by Crippen LogP contribution is -2.58. The van der Waals surface area contributed by atoms with Gasteiger partial charge in [-0.25, -0.2) is 0 Å². The smallest absolute Gasteiger partial charge is 0.139 e. The second-order valence-corrected chi connectivity index (χ2v) is 9.09. The number of aldehydes is 1. The molecule has 3 heteroatoms. The first kappa shape index (κ1) is 15.5. The van der Waals surface area contributed by atoms with Gasteiger partial charge in [0.15, 0.2) is 0 Å². The summed E-state index contributed by atoms with van der Waals surface area (Å²) in [6.45, 7) is 4.49. The van der Waals surface area contributed by atoms with Gasteiger partial charge in [-0.15, -0.1) is 0 Å². The molecule has 0 N–H and O–H groups in total. The zero-order chi connectivity index (χ0) is 16.4. The number of rotatable bonds is 1. The highest BCUT2D eigenvalue weighted by Crippen LogP contribution is 2.66. The Hall–Kier alpha value is -0.990. The summed E-state index contributed by atoms with van der Waals surface area (Å²) in [6.07, 6.45) is 7.84. The molecule has 0 aromatic heterocycles. The number of Topliss-reactive ketones (excluding diaryl/α,β-unsaturated/α-hetero) is 2. The maximum Gasteiger partial charge on any atom is 0.139 e. The summed E-state index contributed by atoms with van der Waals surface area (Å²) < 4.78 is 0. The van der Waals surface area contributed by atoms with Crippen LogP contribution in [0, 0.1) is 40.4 Å². The third-order valence-electron chi connectivity index (χ3n) is 8.34. The van der Waals surface area contributed by atoms with Crippen molar-refractivity contribution in [3.63, 3.8) is 0 Å². The fourth-order valence-corrected chi connectivity index (χ4v) is 7.15. The number of carbonyl (C=O) groups excluding carboxylic acids is 3. The number of carbonyl (C=O) groups is 3. The van der Waals surface area contributed by atoms with Gasteiger partial charge in [0.05, 0.1) is 0 Å². The third-order valence-corrected chi connectivity index (χ3v) is 8.34. The lowest BCUT2D eigenvalue weighted by molar-refractivity contribution is -0.160. The van der Waals surface area contributed by atoms with Gasteiger partial charge >= 0.3 is 0 Å². The van der Waals surface area contributed by atoms with E-state index in [2.05, 4.69) is 13.8 Å². The van der Waals surface area contributed by atoms with Crippen LogP contribution in [0.25, 0.3) is 0 Å². The molecule has 0 aliphatic heterocycles. The molecule has 3 nitrogen and oxygen atoms in total. The van der Waals surface area contributed by atoms with Gasteiger partial charge in [-0.1, -0.05) is 13.8 Å². The quantitative estimate of drug-likeness (QED) is 0.695. The Morgan fingerprint density at radius 3 is 2.61 bits per heavy atom. The molecule has 0 heterocycles. The molecule has 23 heavy (non-hydrogen) atoms. The van der Waals surface area contributed by atoms with Crippen molar-refractivity contribution in [1.82, 2.24) is 0 Å². The van der Waals surface area contributed by atoms with Crippen LogP contribution < -0.4 is 0 Å². The van der Waals surface area contributed by atoms with Crippen molar-refractivity contribution in [3.05, 3.63) is 0 Å². The first-order chi connectivity index (χ1) is 10.9. The van der Waals surface area contributed by atoms with E-state index in [1.165, 1.54) is 6.29 Å². The van der Waals surface area contributed by atoms with Crippen molar-refractivity contribution in [3.8, 4) is 0 Å². The molecule has 0 aromatic rings. The number of hydrogen-bond acceptors (Lipinski definition) is 3. The minimum Gasteiger partial charge on any atom is -0.303 e. The Bertz CT molecular complexity index is 567. The fourth-order valence-electron chi connectivity index (χ4n) is 7.15. The number of fused-ring (bicyclic) bond motifs is 5. The Morgan fingerprint density at radius 2 is 1.87 bits per heavy atom. The summed E-state index contributed by atoms with van der Waals surface area (Å²) in [5.74, 6) is 2.92. The second-order valence-electron chi connectivity index (χ2n) is 9.09. The van der Waals surface area contributed by atoms with E-state index in [9.17, 15) is 14.4 Å². The van der Waals surface area contributed by atoms with Gasteiger partial charge < -0.3 is 4.79 Å². The van der Waals surface area contributed by atoms with E-state index >= 15 is 0 Å². The standard InChI is InChI=1S/C20H28O3/c1-12-9-13-10-14(22)5-8-20(13,11-21)16-6-7-19(2)15(18(12)16)3-4-17(19)23/h11-13,15-16,18H,3-10H2,1-2H3/t12-,13+,15+,16+,18+,19+,20-/m1/s1. The van der Waals surface area contributed by atoms with E-state index < -0.39 is 0 Å². The van der Waals surface area contributed by atoms with Crippen molar-refractivity contribution in [2.24, 2.45) is 40.4 Å². The van der Waals surface area contributed by atoms with Gasteiger partial charge in [-0.3, -0.25) is 9.59 Å². The summed E-state index contributed by atoms with van der Waals surface area (Å²) in [6, 6.07) is 0. The highest BCUT2D eigenvalue weighted by molar-refractivity contribution is 5.87. The minimum atomic E-state index is -0.280. The topological polar surface area (TPSA) is 51.2 Å². The van der Waals surface area contributed by atoms with Crippen molar-refractivity contribution in [2.75, 3.05) is 0 Å². The molecule has 4 aliphatic rings. The first-order valence-corrected chi connectivity index (χ1v) is 9.44. The minimum absolute atomic E-state index is 0.142. The predicted octanol–water partition coefficient (Wildman–Crippen LogP) is 3.59. The molecule has 126 valence electrons. The molecule has 0 aromatic carbocycles. The molecule has 4 rings (SSSR count). The van der Waals surface area contributed by atoms with Crippen LogP contribution in [0.2, 0.25) is 0 Å². The third kappa shape index (κ3) is 1.91. The van der Waals surface area contributed by atoms with E-state index in [1.807, 2.05) is 0 Å². The summed E-state index contributed by atoms with van der Waals surface area (Å²) in [4.78, 5) is 36.7. The average molecular weight is 316 g/mol. The van der Waals surface area contributed by atoms with Crippen LogP contribution in [0.15, 0.2) is 0 Å². The van der Waals surface area contributed by atoms with E-state index in [-0.39, 0.29) is 16.7 Å². The predicted molar refractivity (Wildman–Crippen MR) is 86.7 cm³/mol. The summed E-state index contributed by atoms with van der Waals surface area (Å²) >= 11 is 0. The van der Waals surface area contributed by atoms with Crippen LogP contribution in [0.1, 0.15) is 65.2 Å². The molecular formula is C20H28O3. The molecular weight excluding hydrogens is 288 g/mol. The van der Waals surface area contributed by atoms with E-state index in [0.29, 0.717) is 48.1 Å². The Morgan fingerprint density at radius 1 is 1.09 bits per heavy atom. The van der Waals surface area contributed by atoms with Crippen molar-refractivity contribution < 1.29 is 14.4 Å². The molecule has 0 spiro atoms. The molecule has 0 saturated heterocycles. The van der Waals surface area contributed by atoms with Crippen LogP contribution in [-0.2, 0) is 14.4 Å². The molecule has 4 aliphatic carbocycles. The molecule has 7 atom stereocenters. The first-order valence-electron chi connectivity index (χ1n) is 9.44. The molecule has 0 unspecified atom stereocenters. The van der Waals surface area contributed by atoms with Gasteiger partial charge in [-0.05, 0) is 61.7 Å². The maximum absolute atomic E-state index is 12.5. The molecule has 0 amide bonds. The van der Waals surface area contributed by atoms with Gasteiger partial charge in [0, 0.05) is 30.1 Å². The lowest BCUT2D eigenvalue weighted by atomic mass is 9.43. The second kappa shape index (κ2) is 5.00. The van der Waals surface area contributed by atoms with E-state index in [0.717, 1.165) is 38.5 Å². The summed E-state index contributed by atoms with van der Waals surface area (Å²) in [5.41, 5.74) is -0.422. The van der Waals surface area contributed by atoms with Crippen molar-refractivity contribution in [1.29, 1.82) is 0 Å². The lowest BCUT2D eigenvalue weighted by Gasteiger charge is -2.60. The van der Waals surface area contributed by atoms with Crippen molar-refractivity contribution >= 4 is 17.9 Å². The van der Waals surface area contributed by atoms with Crippen LogP contribution in [0.4, 0.5) is 0 Å². The van der Waals surface area contributed by atoms with Gasteiger partial charge in [-0.2, -0.15) is 0 Å². The van der Waals surface area contributed by atoms with E-state index in [4.69, 9.17) is 0 Å². The normalized spacial score (nSPS) is 52.5. The number of ketones is 2. The molecule has 0 bridgehead atoms. The highest BCUT2D eigenvalue weighted by atomic mass is 16.1. The SMILES string of the molecule is C[C@@H]1C[C@H]2CC(=O)CC[C@]2(C=O)[C@H]2CC[C@]3(C)C(=O)CC[C@H]3[C@H]12. The maximum atomic E-state index is 12.5. The monoisotopic (exact) mass is 316 g/mol. The van der Waals surface area contributed by atoms with Crippen LogP contribution in [0.3, 0.4) is 0 Å².